The second-order valence-electron chi connectivity index (χ2n) is 4.06. The molecule has 0 atom stereocenters. The minimum Gasteiger partial charge on any atom is -0.354 e. The van der Waals surface area contributed by atoms with Crippen LogP contribution >= 0.6 is 0 Å². The van der Waals surface area contributed by atoms with E-state index < -0.39 is 0 Å². The van der Waals surface area contributed by atoms with E-state index in [1.807, 2.05) is 0 Å². The third-order valence-corrected chi connectivity index (χ3v) is 2.60. The van der Waals surface area contributed by atoms with Crippen LogP contribution in [0, 0.1) is 5.92 Å². The van der Waals surface area contributed by atoms with Crippen LogP contribution in [0.4, 0.5) is 0 Å². The third-order valence-electron chi connectivity index (χ3n) is 2.60. The molecule has 0 radical (unpaired) electrons. The molecule has 5 heteroatoms. The van der Waals surface area contributed by atoms with Crippen molar-refractivity contribution in [3.05, 3.63) is 30.1 Å². The van der Waals surface area contributed by atoms with Gasteiger partial charge in [0.15, 0.2) is 0 Å². The van der Waals surface area contributed by atoms with Gasteiger partial charge >= 0.3 is 0 Å². The number of hydrogen-bond acceptors (Lipinski definition) is 3. The van der Waals surface area contributed by atoms with Gasteiger partial charge in [0.2, 0.25) is 5.91 Å². The molecule has 0 bridgehead atoms. The van der Waals surface area contributed by atoms with Gasteiger partial charge in [-0.3, -0.25) is 14.6 Å². The van der Waals surface area contributed by atoms with E-state index in [0.29, 0.717) is 18.7 Å². The lowest BCUT2D eigenvalue weighted by atomic mass is 10.2. The molecule has 0 aromatic carbocycles. The lowest BCUT2D eigenvalue weighted by Crippen LogP contribution is -2.35. The molecule has 0 aliphatic heterocycles. The second kappa shape index (κ2) is 5.43. The van der Waals surface area contributed by atoms with Crippen LogP contribution in [-0.4, -0.2) is 29.9 Å². The summed E-state index contributed by atoms with van der Waals surface area (Å²) in [4.78, 5) is 26.7. The van der Waals surface area contributed by atoms with Crippen molar-refractivity contribution in [3.8, 4) is 0 Å². The van der Waals surface area contributed by atoms with Gasteiger partial charge in [-0.15, -0.1) is 0 Å². The molecule has 1 fully saturated rings. The third kappa shape index (κ3) is 3.55. The fourth-order valence-electron chi connectivity index (χ4n) is 1.46. The molecule has 0 saturated heterocycles. The number of nitrogens with zero attached hydrogens (tertiary/aromatic N) is 1. The van der Waals surface area contributed by atoms with Crippen molar-refractivity contribution in [3.63, 3.8) is 0 Å². The van der Waals surface area contributed by atoms with Crippen molar-refractivity contribution in [2.24, 2.45) is 5.92 Å². The van der Waals surface area contributed by atoms with E-state index in [1.54, 1.807) is 24.5 Å². The topological polar surface area (TPSA) is 71.1 Å². The van der Waals surface area contributed by atoms with Gasteiger partial charge in [-0.2, -0.15) is 0 Å². The molecular weight excluding hydrogens is 218 g/mol. The van der Waals surface area contributed by atoms with E-state index in [9.17, 15) is 9.59 Å². The van der Waals surface area contributed by atoms with Crippen LogP contribution in [0.15, 0.2) is 24.5 Å². The summed E-state index contributed by atoms with van der Waals surface area (Å²) in [7, 11) is 0. The van der Waals surface area contributed by atoms with Gasteiger partial charge in [0.05, 0.1) is 0 Å². The summed E-state index contributed by atoms with van der Waals surface area (Å²) < 4.78 is 0. The van der Waals surface area contributed by atoms with Crippen molar-refractivity contribution in [1.82, 2.24) is 15.6 Å². The summed E-state index contributed by atoms with van der Waals surface area (Å²) in [6.07, 6.45) is 5.14. The Bertz CT molecular complexity index is 401. The Morgan fingerprint density at radius 2 is 1.82 bits per heavy atom. The number of aromatic nitrogens is 1. The number of rotatable bonds is 5. The van der Waals surface area contributed by atoms with Crippen molar-refractivity contribution in [2.45, 2.75) is 12.8 Å². The number of hydrogen-bond donors (Lipinski definition) is 2. The number of carbonyl (C=O) groups excluding carboxylic acids is 2. The van der Waals surface area contributed by atoms with E-state index in [0.717, 1.165) is 12.8 Å². The SMILES string of the molecule is O=C(NCCNC(=O)C1CC1)c1ccncc1. The highest BCUT2D eigenvalue weighted by molar-refractivity contribution is 5.94. The predicted octanol–water partition coefficient (Wildman–Crippen LogP) is 0.338. The zero-order valence-corrected chi connectivity index (χ0v) is 9.48. The summed E-state index contributed by atoms with van der Waals surface area (Å²) in [5.74, 6) is 0.169. The van der Waals surface area contributed by atoms with Crippen LogP contribution < -0.4 is 10.6 Å². The molecule has 1 saturated carbocycles. The normalized spacial score (nSPS) is 14.1. The minimum atomic E-state index is -0.145. The summed E-state index contributed by atoms with van der Waals surface area (Å²) >= 11 is 0. The maximum absolute atomic E-state index is 11.6. The highest BCUT2D eigenvalue weighted by Crippen LogP contribution is 2.28. The standard InChI is InChI=1S/C12H15N3O2/c16-11(9-1-2-9)14-7-8-15-12(17)10-3-5-13-6-4-10/h3-6,9H,1-2,7-8H2,(H,14,16)(H,15,17). The predicted molar refractivity (Wildman–Crippen MR) is 62.3 cm³/mol. The number of carbonyl (C=O) groups is 2. The fraction of sp³-hybridized carbons (Fsp3) is 0.417. The summed E-state index contributed by atoms with van der Waals surface area (Å²) in [5.41, 5.74) is 0.577. The van der Waals surface area contributed by atoms with Gasteiger partial charge in [-0.05, 0) is 25.0 Å². The Morgan fingerprint density at radius 3 is 2.47 bits per heavy atom. The molecule has 90 valence electrons. The van der Waals surface area contributed by atoms with Crippen molar-refractivity contribution >= 4 is 11.8 Å². The number of pyridine rings is 1. The summed E-state index contributed by atoms with van der Waals surface area (Å²) in [6, 6.07) is 3.30. The maximum Gasteiger partial charge on any atom is 0.251 e. The zero-order chi connectivity index (χ0) is 12.1. The smallest absolute Gasteiger partial charge is 0.251 e. The molecular formula is C12H15N3O2. The van der Waals surface area contributed by atoms with Crippen molar-refractivity contribution < 1.29 is 9.59 Å². The quantitative estimate of drug-likeness (QED) is 0.720. The first-order valence-electron chi connectivity index (χ1n) is 5.73. The van der Waals surface area contributed by atoms with Gasteiger partial charge < -0.3 is 10.6 Å². The molecule has 5 nitrogen and oxygen atoms in total. The van der Waals surface area contributed by atoms with E-state index in [2.05, 4.69) is 15.6 Å². The molecule has 1 heterocycles. The molecule has 2 N–H and O–H groups in total. The molecule has 0 spiro atoms. The highest BCUT2D eigenvalue weighted by Gasteiger charge is 2.28. The molecule has 1 aliphatic carbocycles. The van der Waals surface area contributed by atoms with E-state index in [1.165, 1.54) is 0 Å². The Labute approximate surface area is 99.6 Å². The van der Waals surface area contributed by atoms with E-state index in [-0.39, 0.29) is 17.7 Å². The van der Waals surface area contributed by atoms with Gasteiger partial charge in [0.25, 0.3) is 5.91 Å². The first-order valence-corrected chi connectivity index (χ1v) is 5.73. The number of nitrogens with one attached hydrogen (secondary N) is 2. The van der Waals surface area contributed by atoms with Gasteiger partial charge in [0, 0.05) is 37.0 Å². The van der Waals surface area contributed by atoms with Gasteiger partial charge in [0.1, 0.15) is 0 Å². The molecule has 1 aliphatic rings. The summed E-state index contributed by atoms with van der Waals surface area (Å²) in [5, 5.41) is 5.52. The van der Waals surface area contributed by atoms with Crippen LogP contribution in [-0.2, 0) is 4.79 Å². The van der Waals surface area contributed by atoms with Crippen LogP contribution in [0.2, 0.25) is 0 Å². The van der Waals surface area contributed by atoms with Crippen LogP contribution in [0.25, 0.3) is 0 Å². The Hall–Kier alpha value is -1.91. The van der Waals surface area contributed by atoms with Crippen LogP contribution in [0.3, 0.4) is 0 Å². The average Bonchev–Trinajstić information content (AvgIpc) is 3.19. The minimum absolute atomic E-state index is 0.100. The molecule has 0 unspecified atom stereocenters. The second-order valence-corrected chi connectivity index (χ2v) is 4.06. The van der Waals surface area contributed by atoms with Crippen molar-refractivity contribution in [1.29, 1.82) is 0 Å². The molecule has 17 heavy (non-hydrogen) atoms. The Morgan fingerprint density at radius 1 is 1.18 bits per heavy atom. The Balaban J connectivity index is 1.65. The maximum atomic E-state index is 11.6. The lowest BCUT2D eigenvalue weighted by Gasteiger charge is -2.06. The van der Waals surface area contributed by atoms with Gasteiger partial charge in [-0.25, -0.2) is 0 Å². The zero-order valence-electron chi connectivity index (χ0n) is 9.48. The average molecular weight is 233 g/mol. The Kier molecular flexibility index (Phi) is 3.69. The highest BCUT2D eigenvalue weighted by atomic mass is 16.2. The fourth-order valence-corrected chi connectivity index (χ4v) is 1.46. The van der Waals surface area contributed by atoms with Crippen LogP contribution in [0.1, 0.15) is 23.2 Å². The van der Waals surface area contributed by atoms with Gasteiger partial charge in [-0.1, -0.05) is 0 Å². The molecule has 2 rings (SSSR count). The van der Waals surface area contributed by atoms with Crippen LogP contribution in [0.5, 0.6) is 0 Å². The summed E-state index contributed by atoms with van der Waals surface area (Å²) in [6.45, 7) is 0.922. The van der Waals surface area contributed by atoms with E-state index >= 15 is 0 Å². The van der Waals surface area contributed by atoms with Crippen molar-refractivity contribution in [2.75, 3.05) is 13.1 Å². The first kappa shape index (κ1) is 11.6. The molecule has 2 amide bonds. The van der Waals surface area contributed by atoms with E-state index in [4.69, 9.17) is 0 Å². The lowest BCUT2D eigenvalue weighted by molar-refractivity contribution is -0.122. The first-order chi connectivity index (χ1) is 8.27. The molecule has 1 aromatic rings. The monoisotopic (exact) mass is 233 g/mol. The largest absolute Gasteiger partial charge is 0.354 e. The number of amides is 2. The molecule has 1 aromatic heterocycles.